The van der Waals surface area contributed by atoms with E-state index in [4.69, 9.17) is 4.43 Å². The van der Waals surface area contributed by atoms with Gasteiger partial charge in [0, 0.05) is 6.10 Å². The van der Waals surface area contributed by atoms with Crippen LogP contribution < -0.4 is 5.32 Å². The first kappa shape index (κ1) is 10.1. The van der Waals surface area contributed by atoms with Crippen LogP contribution in [0.3, 0.4) is 0 Å². The molecule has 0 saturated carbocycles. The van der Waals surface area contributed by atoms with Gasteiger partial charge in [0.05, 0.1) is 0 Å². The zero-order chi connectivity index (χ0) is 7.82. The van der Waals surface area contributed by atoms with Crippen LogP contribution in [0.25, 0.3) is 0 Å². The molecule has 0 aliphatic rings. The molecule has 10 heavy (non-hydrogen) atoms. The van der Waals surface area contributed by atoms with Crippen molar-refractivity contribution in [3.8, 4) is 0 Å². The number of rotatable bonds is 6. The molecular weight excluding hydrogens is 142 g/mol. The third-order valence-corrected chi connectivity index (χ3v) is 2.22. The second-order valence-corrected chi connectivity index (χ2v) is 3.54. The molecule has 0 aromatic heterocycles. The minimum Gasteiger partial charge on any atom is -0.415 e. The fraction of sp³-hybridized carbons (Fsp3) is 1.00. The molecule has 0 bridgehead atoms. The maximum atomic E-state index is 5.39. The molecule has 0 aliphatic heterocycles. The Kier molecular flexibility index (Phi) is 7.35. The van der Waals surface area contributed by atoms with Gasteiger partial charge in [-0.25, -0.2) is 0 Å². The Morgan fingerprint density at radius 1 is 1.50 bits per heavy atom. The molecule has 0 aromatic carbocycles. The van der Waals surface area contributed by atoms with E-state index < -0.39 is 0 Å². The first-order valence-electron chi connectivity index (χ1n) is 3.80. The zero-order valence-electron chi connectivity index (χ0n) is 7.11. The topological polar surface area (TPSA) is 21.3 Å². The van der Waals surface area contributed by atoms with Gasteiger partial charge in [-0.2, -0.15) is 0 Å². The predicted molar refractivity (Wildman–Crippen MR) is 45.3 cm³/mol. The SMILES string of the molecule is CNCCC[Si]OC(C)C. The molecule has 0 fully saturated rings. The molecule has 3 heteroatoms. The molecule has 0 rings (SSSR count). The van der Waals surface area contributed by atoms with Gasteiger partial charge in [-0.3, -0.25) is 0 Å². The quantitative estimate of drug-likeness (QED) is 0.462. The van der Waals surface area contributed by atoms with Gasteiger partial charge in [0.15, 0.2) is 0 Å². The summed E-state index contributed by atoms with van der Waals surface area (Å²) >= 11 is 0. The lowest BCUT2D eigenvalue weighted by atomic mass is 10.5. The van der Waals surface area contributed by atoms with Crippen LogP contribution in [0.5, 0.6) is 0 Å². The van der Waals surface area contributed by atoms with Crippen molar-refractivity contribution in [1.82, 2.24) is 5.32 Å². The van der Waals surface area contributed by atoms with E-state index in [1.165, 1.54) is 12.5 Å². The maximum absolute atomic E-state index is 5.39. The van der Waals surface area contributed by atoms with Gasteiger partial charge in [0.1, 0.15) is 0 Å². The van der Waals surface area contributed by atoms with Crippen LogP contribution in [0.4, 0.5) is 0 Å². The Morgan fingerprint density at radius 2 is 2.20 bits per heavy atom. The van der Waals surface area contributed by atoms with Crippen molar-refractivity contribution in [2.24, 2.45) is 0 Å². The highest BCUT2D eigenvalue weighted by Gasteiger charge is 1.93. The lowest BCUT2D eigenvalue weighted by Gasteiger charge is -2.04. The second-order valence-electron chi connectivity index (χ2n) is 2.52. The molecule has 2 radical (unpaired) electrons. The number of nitrogens with one attached hydrogen (secondary N) is 1. The summed E-state index contributed by atoms with van der Waals surface area (Å²) < 4.78 is 5.39. The normalized spacial score (nSPS) is 10.8. The highest BCUT2D eigenvalue weighted by Crippen LogP contribution is 1.91. The minimum atomic E-state index is 0.396. The fourth-order valence-corrected chi connectivity index (χ4v) is 1.34. The Bertz CT molecular complexity index is 68.6. The molecule has 60 valence electrons. The van der Waals surface area contributed by atoms with E-state index in [9.17, 15) is 0 Å². The van der Waals surface area contributed by atoms with Crippen LogP contribution in [-0.4, -0.2) is 29.5 Å². The Morgan fingerprint density at radius 3 is 2.70 bits per heavy atom. The Labute approximate surface area is 66.3 Å². The van der Waals surface area contributed by atoms with Crippen molar-refractivity contribution in [2.75, 3.05) is 13.6 Å². The lowest BCUT2D eigenvalue weighted by Crippen LogP contribution is -2.11. The van der Waals surface area contributed by atoms with Gasteiger partial charge >= 0.3 is 0 Å². The third-order valence-electron chi connectivity index (χ3n) is 1.02. The van der Waals surface area contributed by atoms with Crippen molar-refractivity contribution >= 4 is 9.76 Å². The van der Waals surface area contributed by atoms with Crippen molar-refractivity contribution in [3.05, 3.63) is 0 Å². The lowest BCUT2D eigenvalue weighted by molar-refractivity contribution is 0.255. The third kappa shape index (κ3) is 8.14. The first-order valence-corrected chi connectivity index (χ1v) is 4.92. The molecule has 0 aliphatic carbocycles. The van der Waals surface area contributed by atoms with E-state index in [0.717, 1.165) is 6.54 Å². The number of hydrogen-bond acceptors (Lipinski definition) is 2. The van der Waals surface area contributed by atoms with E-state index in [-0.39, 0.29) is 0 Å². The summed E-state index contributed by atoms with van der Waals surface area (Å²) in [6, 6.07) is 1.19. The first-order chi connectivity index (χ1) is 4.77. The molecule has 0 heterocycles. The second kappa shape index (κ2) is 7.25. The molecule has 0 aromatic rings. The van der Waals surface area contributed by atoms with Gasteiger partial charge < -0.3 is 9.74 Å². The van der Waals surface area contributed by atoms with E-state index in [2.05, 4.69) is 19.2 Å². The Hall–Kier alpha value is 0.137. The average molecular weight is 159 g/mol. The van der Waals surface area contributed by atoms with E-state index in [0.29, 0.717) is 15.9 Å². The molecule has 2 nitrogen and oxygen atoms in total. The van der Waals surface area contributed by atoms with Crippen LogP contribution in [0.15, 0.2) is 0 Å². The molecule has 1 N–H and O–H groups in total. The summed E-state index contributed by atoms with van der Waals surface area (Å²) in [6.45, 7) is 5.25. The van der Waals surface area contributed by atoms with E-state index in [1.807, 2.05) is 7.05 Å². The monoisotopic (exact) mass is 159 g/mol. The standard InChI is InChI=1S/C7H17NOSi/c1-7(2)9-10-6-4-5-8-3/h7-8H,4-6H2,1-3H3. The smallest absolute Gasteiger partial charge is 0.230 e. The molecule has 0 spiro atoms. The molecule has 0 amide bonds. The summed E-state index contributed by atoms with van der Waals surface area (Å²) in [5, 5.41) is 3.10. The minimum absolute atomic E-state index is 0.396. The number of hydrogen-bond donors (Lipinski definition) is 1. The molecular formula is C7H17NOSi. The highest BCUT2D eigenvalue weighted by atomic mass is 28.2. The maximum Gasteiger partial charge on any atom is 0.230 e. The Balaban J connectivity index is 2.77. The van der Waals surface area contributed by atoms with E-state index >= 15 is 0 Å². The van der Waals surface area contributed by atoms with Crippen molar-refractivity contribution < 1.29 is 4.43 Å². The summed E-state index contributed by atoms with van der Waals surface area (Å²) in [5.41, 5.74) is 0. The van der Waals surface area contributed by atoms with Crippen molar-refractivity contribution in [1.29, 1.82) is 0 Å². The van der Waals surface area contributed by atoms with Crippen molar-refractivity contribution in [3.63, 3.8) is 0 Å². The summed E-state index contributed by atoms with van der Waals surface area (Å²) in [6.07, 6.45) is 1.62. The highest BCUT2D eigenvalue weighted by molar-refractivity contribution is 6.27. The molecule has 0 saturated heterocycles. The van der Waals surface area contributed by atoms with Gasteiger partial charge in [-0.15, -0.1) is 0 Å². The largest absolute Gasteiger partial charge is 0.415 e. The van der Waals surface area contributed by atoms with Crippen LogP contribution in [-0.2, 0) is 4.43 Å². The van der Waals surface area contributed by atoms with Gasteiger partial charge in [-0.1, -0.05) is 0 Å². The fourth-order valence-electron chi connectivity index (χ4n) is 0.563. The van der Waals surface area contributed by atoms with Crippen LogP contribution in [0.2, 0.25) is 6.04 Å². The van der Waals surface area contributed by atoms with Crippen molar-refractivity contribution in [2.45, 2.75) is 32.4 Å². The van der Waals surface area contributed by atoms with Crippen LogP contribution in [0, 0.1) is 0 Å². The summed E-state index contributed by atoms with van der Waals surface area (Å²) in [7, 11) is 2.66. The van der Waals surface area contributed by atoms with Gasteiger partial charge in [-0.05, 0) is 39.9 Å². The predicted octanol–water partition coefficient (Wildman–Crippen LogP) is 1.06. The molecule has 0 unspecified atom stereocenters. The van der Waals surface area contributed by atoms with Crippen LogP contribution >= 0.6 is 0 Å². The van der Waals surface area contributed by atoms with E-state index in [1.54, 1.807) is 0 Å². The molecule has 0 atom stereocenters. The summed E-state index contributed by atoms with van der Waals surface area (Å²) in [5.74, 6) is 0. The van der Waals surface area contributed by atoms with Gasteiger partial charge in [0.25, 0.3) is 0 Å². The average Bonchev–Trinajstić information content (AvgIpc) is 1.87. The summed E-state index contributed by atoms with van der Waals surface area (Å²) in [4.78, 5) is 0. The zero-order valence-corrected chi connectivity index (χ0v) is 8.11. The van der Waals surface area contributed by atoms with Crippen LogP contribution in [0.1, 0.15) is 20.3 Å². The van der Waals surface area contributed by atoms with Gasteiger partial charge in [0.2, 0.25) is 9.76 Å².